The van der Waals surface area contributed by atoms with Crippen molar-refractivity contribution in [2.24, 2.45) is 0 Å². The van der Waals surface area contributed by atoms with E-state index in [4.69, 9.17) is 10.1 Å². The van der Waals surface area contributed by atoms with Gasteiger partial charge < -0.3 is 15.1 Å². The van der Waals surface area contributed by atoms with E-state index in [0.717, 1.165) is 55.0 Å². The van der Waals surface area contributed by atoms with E-state index >= 15 is 0 Å². The van der Waals surface area contributed by atoms with E-state index in [9.17, 15) is 14.0 Å². The molecule has 2 amide bonds. The predicted molar refractivity (Wildman–Crippen MR) is 138 cm³/mol. The Morgan fingerprint density at radius 2 is 1.84 bits per heavy atom. The molecule has 1 unspecified atom stereocenters. The van der Waals surface area contributed by atoms with Gasteiger partial charge in [0.2, 0.25) is 5.91 Å². The first-order chi connectivity index (χ1) is 18.0. The van der Waals surface area contributed by atoms with Gasteiger partial charge in [0.25, 0.3) is 5.91 Å². The average Bonchev–Trinajstić information content (AvgIpc) is 3.29. The van der Waals surface area contributed by atoms with Crippen LogP contribution in [0.3, 0.4) is 0 Å². The van der Waals surface area contributed by atoms with E-state index in [1.54, 1.807) is 6.07 Å². The van der Waals surface area contributed by atoms with Gasteiger partial charge in [0.1, 0.15) is 11.6 Å². The zero-order valence-corrected chi connectivity index (χ0v) is 21.3. The molecule has 9 heteroatoms. The molecular weight excluding hydrogens is 471 g/mol. The summed E-state index contributed by atoms with van der Waals surface area (Å²) in [5.74, 6) is 0.649. The van der Waals surface area contributed by atoms with Gasteiger partial charge in [-0.3, -0.25) is 9.59 Å². The van der Waals surface area contributed by atoms with Crippen molar-refractivity contribution in [1.82, 2.24) is 24.8 Å². The number of aryl methyl sites for hydroxylation is 1. The molecule has 8 nitrogen and oxygen atoms in total. The summed E-state index contributed by atoms with van der Waals surface area (Å²) in [5.41, 5.74) is 3.70. The minimum atomic E-state index is -0.451. The van der Waals surface area contributed by atoms with Crippen LogP contribution in [0.15, 0.2) is 30.3 Å². The van der Waals surface area contributed by atoms with Gasteiger partial charge in [-0.1, -0.05) is 12.5 Å². The molecule has 3 aliphatic rings. The SMILES string of the molecule is CN1CCNC(=O)CCc2ccc(F)cc2C(=O)N2CCCCC2c2cc3nc(C4CCC4)cc1n3n2. The Morgan fingerprint density at radius 3 is 2.65 bits per heavy atom. The largest absolute Gasteiger partial charge is 0.358 e. The smallest absolute Gasteiger partial charge is 0.254 e. The highest BCUT2D eigenvalue weighted by molar-refractivity contribution is 5.96. The molecule has 1 N–H and O–H groups in total. The summed E-state index contributed by atoms with van der Waals surface area (Å²) in [6.45, 7) is 1.69. The number of carbonyl (C=O) groups excluding carboxylic acids is 2. The summed E-state index contributed by atoms with van der Waals surface area (Å²) in [7, 11) is 2.01. The Hall–Kier alpha value is -3.49. The molecule has 3 aromatic rings. The molecule has 1 saturated heterocycles. The quantitative estimate of drug-likeness (QED) is 0.542. The van der Waals surface area contributed by atoms with Gasteiger partial charge in [-0.25, -0.2) is 9.37 Å². The maximum Gasteiger partial charge on any atom is 0.254 e. The number of aromatic nitrogens is 3. The standard InChI is InChI=1S/C28H33FN6O2/c1-33-14-12-30-26(36)11-9-18-8-10-20(29)15-21(18)28(37)34-13-3-2-7-24(34)23-16-25-31-22(19-5-4-6-19)17-27(33)35(25)32-23/h8,10,15-17,19,24H,2-7,9,11-14H2,1H3,(H,30,36). The second-order valence-corrected chi connectivity index (χ2v) is 10.6. The topological polar surface area (TPSA) is 82.8 Å². The van der Waals surface area contributed by atoms with Crippen LogP contribution in [0.2, 0.25) is 0 Å². The van der Waals surface area contributed by atoms with Crippen molar-refractivity contribution in [3.05, 3.63) is 58.7 Å². The summed E-state index contributed by atoms with van der Waals surface area (Å²) in [6, 6.07) is 8.24. The number of rotatable bonds is 1. The number of likely N-dealkylation sites (N-methyl/N-ethyl adjacent to an activating group) is 1. The molecule has 2 aliphatic heterocycles. The van der Waals surface area contributed by atoms with Gasteiger partial charge in [0.05, 0.1) is 11.7 Å². The molecule has 1 atom stereocenters. The van der Waals surface area contributed by atoms with Crippen LogP contribution >= 0.6 is 0 Å². The molecule has 0 spiro atoms. The molecule has 1 aromatic carbocycles. The van der Waals surface area contributed by atoms with Crippen LogP contribution in [0.1, 0.15) is 84.2 Å². The molecule has 194 valence electrons. The molecule has 1 aliphatic carbocycles. The second-order valence-electron chi connectivity index (χ2n) is 10.6. The third kappa shape index (κ3) is 4.55. The first-order valence-electron chi connectivity index (χ1n) is 13.5. The number of hydrogen-bond acceptors (Lipinski definition) is 5. The van der Waals surface area contributed by atoms with Crippen LogP contribution in [0.5, 0.6) is 0 Å². The Labute approximate surface area is 215 Å². The molecule has 0 radical (unpaired) electrons. The van der Waals surface area contributed by atoms with E-state index in [2.05, 4.69) is 16.3 Å². The summed E-state index contributed by atoms with van der Waals surface area (Å²) < 4.78 is 16.2. The fraction of sp³-hybridized carbons (Fsp3) is 0.500. The predicted octanol–water partition coefficient (Wildman–Crippen LogP) is 4.00. The minimum Gasteiger partial charge on any atom is -0.358 e. The van der Waals surface area contributed by atoms with Crippen LogP contribution in [0.25, 0.3) is 5.65 Å². The molecule has 2 bridgehead atoms. The number of amides is 2. The number of nitrogens with one attached hydrogen (secondary N) is 1. The maximum atomic E-state index is 14.3. The molecule has 4 heterocycles. The molecule has 2 aromatic heterocycles. The van der Waals surface area contributed by atoms with Gasteiger partial charge in [0.15, 0.2) is 5.65 Å². The van der Waals surface area contributed by atoms with Gasteiger partial charge in [-0.15, -0.1) is 0 Å². The van der Waals surface area contributed by atoms with Crippen molar-refractivity contribution in [1.29, 1.82) is 0 Å². The van der Waals surface area contributed by atoms with E-state index in [0.29, 0.717) is 43.1 Å². The van der Waals surface area contributed by atoms with Gasteiger partial charge in [-0.2, -0.15) is 9.61 Å². The summed E-state index contributed by atoms with van der Waals surface area (Å²) in [6.07, 6.45) is 6.81. The average molecular weight is 505 g/mol. The van der Waals surface area contributed by atoms with Crippen LogP contribution in [-0.4, -0.2) is 58.0 Å². The van der Waals surface area contributed by atoms with Crippen molar-refractivity contribution in [2.75, 3.05) is 31.6 Å². The number of fused-ring (bicyclic) bond motifs is 4. The number of anilines is 1. The van der Waals surface area contributed by atoms with Crippen LogP contribution in [0, 0.1) is 5.82 Å². The van der Waals surface area contributed by atoms with Gasteiger partial charge in [0, 0.05) is 62.4 Å². The van der Waals surface area contributed by atoms with E-state index in [1.165, 1.54) is 18.6 Å². The van der Waals surface area contributed by atoms with Crippen molar-refractivity contribution >= 4 is 23.3 Å². The number of benzene rings is 1. The molecule has 6 rings (SSSR count). The van der Waals surface area contributed by atoms with Crippen molar-refractivity contribution in [3.8, 4) is 0 Å². The molecule has 1 saturated carbocycles. The fourth-order valence-corrected chi connectivity index (χ4v) is 5.76. The number of carbonyl (C=O) groups is 2. The van der Waals surface area contributed by atoms with Crippen molar-refractivity contribution < 1.29 is 14.0 Å². The molecular formula is C28H33FN6O2. The summed E-state index contributed by atoms with van der Waals surface area (Å²) in [4.78, 5) is 35.4. The highest BCUT2D eigenvalue weighted by Crippen LogP contribution is 2.38. The lowest BCUT2D eigenvalue weighted by atomic mass is 9.83. The van der Waals surface area contributed by atoms with E-state index in [-0.39, 0.29) is 24.3 Å². The van der Waals surface area contributed by atoms with Crippen molar-refractivity contribution in [3.63, 3.8) is 0 Å². The highest BCUT2D eigenvalue weighted by Gasteiger charge is 2.33. The zero-order valence-electron chi connectivity index (χ0n) is 21.3. The van der Waals surface area contributed by atoms with E-state index < -0.39 is 5.82 Å². The third-order valence-corrected chi connectivity index (χ3v) is 8.16. The van der Waals surface area contributed by atoms with E-state index in [1.807, 2.05) is 22.5 Å². The van der Waals surface area contributed by atoms with Crippen LogP contribution < -0.4 is 10.2 Å². The summed E-state index contributed by atoms with van der Waals surface area (Å²) in [5, 5.41) is 7.97. The van der Waals surface area contributed by atoms with Crippen LogP contribution in [-0.2, 0) is 11.2 Å². The Bertz CT molecular complexity index is 1350. The maximum absolute atomic E-state index is 14.3. The minimum absolute atomic E-state index is 0.0875. The van der Waals surface area contributed by atoms with Gasteiger partial charge >= 0.3 is 0 Å². The number of piperidine rings is 1. The normalized spacial score (nSPS) is 21.5. The van der Waals surface area contributed by atoms with Crippen molar-refractivity contribution in [2.45, 2.75) is 63.3 Å². The number of hydrogen-bond donors (Lipinski definition) is 1. The Kier molecular flexibility index (Phi) is 6.30. The highest BCUT2D eigenvalue weighted by atomic mass is 19.1. The monoisotopic (exact) mass is 504 g/mol. The van der Waals surface area contributed by atoms with Crippen LogP contribution in [0.4, 0.5) is 10.2 Å². The fourth-order valence-electron chi connectivity index (χ4n) is 5.76. The van der Waals surface area contributed by atoms with Gasteiger partial charge in [-0.05, 0) is 56.2 Å². The zero-order chi connectivity index (χ0) is 25.5. The Morgan fingerprint density at radius 1 is 0.973 bits per heavy atom. The summed E-state index contributed by atoms with van der Waals surface area (Å²) >= 11 is 0. The first-order valence-corrected chi connectivity index (χ1v) is 13.5. The molecule has 2 fully saturated rings. The Balaban J connectivity index is 1.47. The lowest BCUT2D eigenvalue weighted by Crippen LogP contribution is -2.39. The third-order valence-electron chi connectivity index (χ3n) is 8.16. The molecule has 37 heavy (non-hydrogen) atoms. The lowest BCUT2D eigenvalue weighted by Gasteiger charge is -2.35. The lowest BCUT2D eigenvalue weighted by molar-refractivity contribution is -0.121. The number of nitrogens with zero attached hydrogens (tertiary/aromatic N) is 5. The first kappa shape index (κ1) is 23.9. The second kappa shape index (κ2) is 9.76. The number of halogens is 1.